The van der Waals surface area contributed by atoms with E-state index in [-0.39, 0.29) is 6.61 Å². The Hall–Kier alpha value is -0.270. The molecule has 7 heteroatoms. The van der Waals surface area contributed by atoms with Crippen LogP contribution < -0.4 is 0 Å². The molecular weight excluding hydrogens is 226 g/mol. The summed E-state index contributed by atoms with van der Waals surface area (Å²) in [6.07, 6.45) is 0.490. The molecule has 1 aliphatic rings. The maximum Gasteiger partial charge on any atom is 0.328 e. The van der Waals surface area contributed by atoms with E-state index < -0.39 is 14.8 Å². The van der Waals surface area contributed by atoms with Crippen LogP contribution in [-0.2, 0) is 18.2 Å². The fourth-order valence-electron chi connectivity index (χ4n) is 0.934. The molecular formula is C7H13NO4S2. The lowest BCUT2D eigenvalue weighted by Gasteiger charge is -2.12. The third-order valence-electron chi connectivity index (χ3n) is 1.43. The Morgan fingerprint density at radius 2 is 2.29 bits per heavy atom. The molecule has 5 nitrogen and oxygen atoms in total. The summed E-state index contributed by atoms with van der Waals surface area (Å²) in [7, 11) is -2.95. The third kappa shape index (κ3) is 3.47. The van der Waals surface area contributed by atoms with Crippen LogP contribution in [0.5, 0.6) is 0 Å². The Morgan fingerprint density at radius 1 is 1.64 bits per heavy atom. The Kier molecular flexibility index (Phi) is 3.44. The van der Waals surface area contributed by atoms with Crippen LogP contribution in [0.4, 0.5) is 0 Å². The van der Waals surface area contributed by atoms with Crippen molar-refractivity contribution in [1.82, 2.24) is 0 Å². The zero-order chi connectivity index (χ0) is 10.8. The average Bonchev–Trinajstić information content (AvgIpc) is 2.28. The lowest BCUT2D eigenvalue weighted by Crippen LogP contribution is -2.18. The van der Waals surface area contributed by atoms with Crippen LogP contribution in [0.3, 0.4) is 0 Å². The van der Waals surface area contributed by atoms with E-state index in [9.17, 15) is 8.42 Å². The molecule has 0 aromatic rings. The lowest BCUT2D eigenvalue weighted by molar-refractivity contribution is 0.0123. The quantitative estimate of drug-likeness (QED) is 0.698. The molecule has 1 rings (SSSR count). The van der Waals surface area contributed by atoms with E-state index in [1.165, 1.54) is 0 Å². The molecule has 0 fully saturated rings. The molecule has 0 unspecified atom stereocenters. The molecule has 0 atom stereocenters. The first-order valence-electron chi connectivity index (χ1n) is 4.18. The van der Waals surface area contributed by atoms with Gasteiger partial charge in [0.15, 0.2) is 0 Å². The number of hydrogen-bond donors (Lipinski definition) is 0. The van der Waals surface area contributed by atoms with Gasteiger partial charge in [-0.1, -0.05) is 5.16 Å². The predicted molar refractivity (Wildman–Crippen MR) is 55.4 cm³/mol. The van der Waals surface area contributed by atoms with Crippen molar-refractivity contribution in [3.05, 3.63) is 0 Å². The molecule has 0 N–H and O–H groups in total. The van der Waals surface area contributed by atoms with Gasteiger partial charge in [-0.3, -0.25) is 4.18 Å². The molecule has 0 aromatic carbocycles. The molecule has 0 radical (unpaired) electrons. The van der Waals surface area contributed by atoms with E-state index in [4.69, 9.17) is 4.84 Å². The van der Waals surface area contributed by atoms with Crippen molar-refractivity contribution in [3.63, 3.8) is 0 Å². The van der Waals surface area contributed by atoms with Crippen molar-refractivity contribution < 1.29 is 17.4 Å². The summed E-state index contributed by atoms with van der Waals surface area (Å²) >= 11 is 0. The number of nitrogens with zero attached hydrogens (tertiary/aromatic N) is 1. The zero-order valence-electron chi connectivity index (χ0n) is 8.31. The molecule has 0 saturated heterocycles. The lowest BCUT2D eigenvalue weighted by atomic mass is 10.1. The molecule has 0 saturated carbocycles. The standard InChI is InChI=1S/C7H13NO4S2/c1-4-11-14(9,10)13-6-5-7(2,3)12-8-6/h4-5H2,1-3H3. The van der Waals surface area contributed by atoms with E-state index in [0.29, 0.717) is 22.3 Å². The summed E-state index contributed by atoms with van der Waals surface area (Å²) in [5.74, 6) is 0. The molecule has 0 aliphatic carbocycles. The van der Waals surface area contributed by atoms with Gasteiger partial charge >= 0.3 is 9.15 Å². The largest absolute Gasteiger partial charge is 0.389 e. The molecule has 14 heavy (non-hydrogen) atoms. The Morgan fingerprint density at radius 3 is 2.71 bits per heavy atom. The summed E-state index contributed by atoms with van der Waals surface area (Å²) in [6.45, 7) is 5.44. The van der Waals surface area contributed by atoms with Gasteiger partial charge in [0.25, 0.3) is 0 Å². The number of oxime groups is 1. The van der Waals surface area contributed by atoms with Gasteiger partial charge in [0, 0.05) is 6.42 Å². The normalized spacial score (nSPS) is 20.4. The monoisotopic (exact) mass is 239 g/mol. The Bertz CT molecular complexity index is 334. The first kappa shape index (κ1) is 11.8. The van der Waals surface area contributed by atoms with Gasteiger partial charge in [-0.05, 0) is 20.8 Å². The molecule has 0 amide bonds. The van der Waals surface area contributed by atoms with Crippen LogP contribution in [0.1, 0.15) is 27.2 Å². The Balaban J connectivity index is 2.56. The van der Waals surface area contributed by atoms with Crippen LogP contribution in [0, 0.1) is 0 Å². The molecule has 0 bridgehead atoms. The van der Waals surface area contributed by atoms with Crippen LogP contribution >= 0.6 is 10.8 Å². The highest BCUT2D eigenvalue weighted by molar-refractivity contribution is 8.76. The van der Waals surface area contributed by atoms with Crippen molar-refractivity contribution in [3.8, 4) is 0 Å². The topological polar surface area (TPSA) is 65.0 Å². The number of rotatable bonds is 3. The van der Waals surface area contributed by atoms with Crippen LogP contribution in [0.15, 0.2) is 5.16 Å². The maximum atomic E-state index is 11.2. The van der Waals surface area contributed by atoms with E-state index >= 15 is 0 Å². The minimum Gasteiger partial charge on any atom is -0.389 e. The fourth-order valence-corrected chi connectivity index (χ4v) is 3.39. The van der Waals surface area contributed by atoms with Crippen molar-refractivity contribution in [2.75, 3.05) is 6.61 Å². The van der Waals surface area contributed by atoms with Crippen molar-refractivity contribution in [1.29, 1.82) is 0 Å². The summed E-state index contributed by atoms with van der Waals surface area (Å²) in [6, 6.07) is 0. The SMILES string of the molecule is CCOS(=O)(=O)SC1=NOC(C)(C)C1. The maximum absolute atomic E-state index is 11.2. The van der Waals surface area contributed by atoms with E-state index in [0.717, 1.165) is 0 Å². The zero-order valence-corrected chi connectivity index (χ0v) is 9.94. The van der Waals surface area contributed by atoms with Gasteiger partial charge in [-0.25, -0.2) is 0 Å². The smallest absolute Gasteiger partial charge is 0.328 e. The summed E-state index contributed by atoms with van der Waals surface area (Å²) in [4.78, 5) is 5.02. The van der Waals surface area contributed by atoms with Gasteiger partial charge in [0.1, 0.15) is 10.6 Å². The van der Waals surface area contributed by atoms with Crippen molar-refractivity contribution in [2.24, 2.45) is 5.16 Å². The summed E-state index contributed by atoms with van der Waals surface area (Å²) < 4.78 is 27.0. The molecule has 0 aromatic heterocycles. The third-order valence-corrected chi connectivity index (χ3v) is 4.05. The van der Waals surface area contributed by atoms with E-state index in [1.54, 1.807) is 6.92 Å². The van der Waals surface area contributed by atoms with Gasteiger partial charge < -0.3 is 4.84 Å². The second-order valence-electron chi connectivity index (χ2n) is 3.41. The second-order valence-corrected chi connectivity index (χ2v) is 6.83. The molecule has 1 aliphatic heterocycles. The van der Waals surface area contributed by atoms with Gasteiger partial charge in [0.05, 0.1) is 17.4 Å². The minimum absolute atomic E-state index is 0.132. The van der Waals surface area contributed by atoms with Crippen LogP contribution in [0.2, 0.25) is 0 Å². The fraction of sp³-hybridized carbons (Fsp3) is 0.857. The van der Waals surface area contributed by atoms with Crippen LogP contribution in [0.25, 0.3) is 0 Å². The summed E-state index contributed by atoms with van der Waals surface area (Å²) in [5.41, 5.74) is -0.413. The average molecular weight is 239 g/mol. The highest BCUT2D eigenvalue weighted by atomic mass is 33.1. The molecule has 0 spiro atoms. The van der Waals surface area contributed by atoms with Gasteiger partial charge in [-0.15, -0.1) is 0 Å². The molecule has 1 heterocycles. The first-order valence-corrected chi connectivity index (χ1v) is 6.93. The minimum atomic E-state index is -3.56. The van der Waals surface area contributed by atoms with E-state index in [1.807, 2.05) is 13.8 Å². The number of hydrogen-bond acceptors (Lipinski definition) is 6. The van der Waals surface area contributed by atoms with Gasteiger partial charge in [0.2, 0.25) is 0 Å². The van der Waals surface area contributed by atoms with Crippen molar-refractivity contribution in [2.45, 2.75) is 32.8 Å². The van der Waals surface area contributed by atoms with Gasteiger partial charge in [-0.2, -0.15) is 8.42 Å². The molecule has 82 valence electrons. The predicted octanol–water partition coefficient (Wildman–Crippen LogP) is 1.51. The summed E-state index contributed by atoms with van der Waals surface area (Å²) in [5, 5.41) is 4.11. The second kappa shape index (κ2) is 4.08. The van der Waals surface area contributed by atoms with Crippen LogP contribution in [-0.4, -0.2) is 25.7 Å². The Labute approximate surface area is 87.4 Å². The van der Waals surface area contributed by atoms with E-state index in [2.05, 4.69) is 9.34 Å². The first-order chi connectivity index (χ1) is 6.35. The highest BCUT2D eigenvalue weighted by Gasteiger charge is 2.32. The highest BCUT2D eigenvalue weighted by Crippen LogP contribution is 2.30. The van der Waals surface area contributed by atoms with Crippen molar-refractivity contribution >= 4 is 25.0 Å².